The second kappa shape index (κ2) is 12.1. The third-order valence-corrected chi connectivity index (χ3v) is 4.97. The summed E-state index contributed by atoms with van der Waals surface area (Å²) in [6, 6.07) is 22.6. The van der Waals surface area contributed by atoms with E-state index in [0.717, 1.165) is 0 Å². The summed E-state index contributed by atoms with van der Waals surface area (Å²) < 4.78 is 16.6. The van der Waals surface area contributed by atoms with Crippen LogP contribution >= 0.6 is 0 Å². The number of benzene rings is 3. The summed E-state index contributed by atoms with van der Waals surface area (Å²) in [7, 11) is 1.53. The number of nitriles is 1. The number of amides is 2. The van der Waals surface area contributed by atoms with Gasteiger partial charge in [0.2, 0.25) is 0 Å². The van der Waals surface area contributed by atoms with Crippen LogP contribution in [-0.2, 0) is 9.59 Å². The number of rotatable bonds is 10. The summed E-state index contributed by atoms with van der Waals surface area (Å²) in [5.74, 6) is 0.455. The van der Waals surface area contributed by atoms with Crippen molar-refractivity contribution < 1.29 is 23.8 Å². The third-order valence-electron chi connectivity index (χ3n) is 4.97. The van der Waals surface area contributed by atoms with Crippen LogP contribution in [0.25, 0.3) is 0 Å². The Morgan fingerprint density at radius 1 is 0.886 bits per heavy atom. The van der Waals surface area contributed by atoms with E-state index >= 15 is 0 Å². The number of ether oxygens (including phenoxy) is 3. The predicted molar refractivity (Wildman–Crippen MR) is 133 cm³/mol. The largest absolute Gasteiger partial charge is 0.493 e. The Morgan fingerprint density at radius 2 is 1.51 bits per heavy atom. The average molecular weight is 474 g/mol. The normalized spacial score (nSPS) is 11.2. The Balaban J connectivity index is 1.62. The van der Waals surface area contributed by atoms with E-state index in [-0.39, 0.29) is 24.3 Å². The van der Waals surface area contributed by atoms with Crippen LogP contribution in [0.15, 0.2) is 72.8 Å². The van der Waals surface area contributed by atoms with E-state index < -0.39 is 6.10 Å². The molecule has 0 fully saturated rings. The molecule has 1 unspecified atom stereocenters. The molecule has 0 spiro atoms. The summed E-state index contributed by atoms with van der Waals surface area (Å²) in [5.41, 5.74) is 1.33. The van der Waals surface area contributed by atoms with Crippen molar-refractivity contribution in [3.8, 4) is 23.3 Å². The maximum atomic E-state index is 13.0. The van der Waals surface area contributed by atoms with Gasteiger partial charge in [-0.1, -0.05) is 44.2 Å². The van der Waals surface area contributed by atoms with Gasteiger partial charge in [0.15, 0.2) is 24.2 Å². The molecular weight excluding hydrogens is 446 g/mol. The number of methoxy groups -OCH3 is 1. The molecule has 35 heavy (non-hydrogen) atoms. The molecule has 8 nitrogen and oxygen atoms in total. The van der Waals surface area contributed by atoms with Crippen molar-refractivity contribution in [1.82, 2.24) is 0 Å². The van der Waals surface area contributed by atoms with Gasteiger partial charge in [0, 0.05) is 11.4 Å². The summed E-state index contributed by atoms with van der Waals surface area (Å²) >= 11 is 0. The Labute approximate surface area is 204 Å². The van der Waals surface area contributed by atoms with Gasteiger partial charge >= 0.3 is 0 Å². The predicted octanol–water partition coefficient (Wildman–Crippen LogP) is 4.63. The van der Waals surface area contributed by atoms with Gasteiger partial charge in [0.25, 0.3) is 11.8 Å². The smallest absolute Gasteiger partial charge is 0.265 e. The lowest BCUT2D eigenvalue weighted by Crippen LogP contribution is -2.37. The maximum absolute atomic E-state index is 13.0. The van der Waals surface area contributed by atoms with E-state index in [0.29, 0.717) is 34.2 Å². The van der Waals surface area contributed by atoms with Crippen molar-refractivity contribution in [3.05, 3.63) is 78.4 Å². The zero-order chi connectivity index (χ0) is 25.2. The minimum atomic E-state index is -0.822. The molecule has 0 aromatic heterocycles. The van der Waals surface area contributed by atoms with Crippen LogP contribution in [0, 0.1) is 17.2 Å². The highest BCUT2D eigenvalue weighted by Crippen LogP contribution is 2.26. The first-order valence-electron chi connectivity index (χ1n) is 11.0. The quantitative estimate of drug-likeness (QED) is 0.444. The molecule has 0 bridgehead atoms. The SMILES string of the molecule is COc1ccccc1OCC(=O)Nc1cccc(NC(=O)C(Oc2ccccc2C#N)C(C)C)c1. The average Bonchev–Trinajstić information content (AvgIpc) is 2.86. The molecule has 0 radical (unpaired) electrons. The molecule has 3 aromatic rings. The fraction of sp³-hybridized carbons (Fsp3) is 0.222. The fourth-order valence-corrected chi connectivity index (χ4v) is 3.26. The molecule has 0 aliphatic heterocycles. The highest BCUT2D eigenvalue weighted by atomic mass is 16.5. The minimum Gasteiger partial charge on any atom is -0.493 e. The number of anilines is 2. The molecule has 0 saturated carbocycles. The summed E-state index contributed by atoms with van der Waals surface area (Å²) in [6.45, 7) is 3.51. The number of carbonyl (C=O) groups excluding carboxylic acids is 2. The molecule has 1 atom stereocenters. The Bertz CT molecular complexity index is 1220. The molecular formula is C27H27N3O5. The topological polar surface area (TPSA) is 110 Å². The van der Waals surface area contributed by atoms with Gasteiger partial charge in [0.1, 0.15) is 11.8 Å². The van der Waals surface area contributed by atoms with E-state index in [1.54, 1.807) is 66.7 Å². The molecule has 180 valence electrons. The van der Waals surface area contributed by atoms with Crippen LogP contribution in [0.5, 0.6) is 17.2 Å². The molecule has 3 aromatic carbocycles. The number of nitrogens with one attached hydrogen (secondary N) is 2. The first-order valence-corrected chi connectivity index (χ1v) is 11.0. The number of nitrogens with zero attached hydrogens (tertiary/aromatic N) is 1. The minimum absolute atomic E-state index is 0.156. The van der Waals surface area contributed by atoms with Gasteiger partial charge in [-0.05, 0) is 48.4 Å². The molecule has 0 aliphatic carbocycles. The van der Waals surface area contributed by atoms with Crippen LogP contribution in [0.3, 0.4) is 0 Å². The summed E-state index contributed by atoms with van der Waals surface area (Å²) in [4.78, 5) is 25.3. The molecule has 3 rings (SSSR count). The second-order valence-electron chi connectivity index (χ2n) is 7.95. The molecule has 0 aliphatic rings. The van der Waals surface area contributed by atoms with Crippen molar-refractivity contribution in [2.45, 2.75) is 20.0 Å². The van der Waals surface area contributed by atoms with E-state index in [1.165, 1.54) is 7.11 Å². The van der Waals surface area contributed by atoms with E-state index in [4.69, 9.17) is 14.2 Å². The van der Waals surface area contributed by atoms with Crippen LogP contribution < -0.4 is 24.8 Å². The van der Waals surface area contributed by atoms with E-state index in [2.05, 4.69) is 16.7 Å². The van der Waals surface area contributed by atoms with Crippen molar-refractivity contribution in [2.75, 3.05) is 24.4 Å². The van der Waals surface area contributed by atoms with Gasteiger partial charge < -0.3 is 24.8 Å². The first-order chi connectivity index (χ1) is 16.9. The third kappa shape index (κ3) is 6.98. The molecule has 0 heterocycles. The van der Waals surface area contributed by atoms with E-state index in [1.807, 2.05) is 19.9 Å². The Kier molecular flexibility index (Phi) is 8.68. The van der Waals surface area contributed by atoms with Gasteiger partial charge in [-0.3, -0.25) is 9.59 Å². The standard InChI is InChI=1S/C27H27N3O5/c1-18(2)26(35-22-12-5-4-9-19(22)16-28)27(32)30-21-11-8-10-20(15-21)29-25(31)17-34-24-14-7-6-13-23(24)33-3/h4-15,18,26H,17H2,1-3H3,(H,29,31)(H,30,32). The van der Waals surface area contributed by atoms with Crippen molar-refractivity contribution in [2.24, 2.45) is 5.92 Å². The molecule has 2 amide bonds. The van der Waals surface area contributed by atoms with Gasteiger partial charge in [-0.25, -0.2) is 0 Å². The van der Waals surface area contributed by atoms with E-state index in [9.17, 15) is 14.9 Å². The number of para-hydroxylation sites is 3. The maximum Gasteiger partial charge on any atom is 0.265 e. The second-order valence-corrected chi connectivity index (χ2v) is 7.95. The van der Waals surface area contributed by atoms with Crippen LogP contribution in [-0.4, -0.2) is 31.6 Å². The zero-order valence-electron chi connectivity index (χ0n) is 19.8. The van der Waals surface area contributed by atoms with Crippen molar-refractivity contribution >= 4 is 23.2 Å². The monoisotopic (exact) mass is 473 g/mol. The van der Waals surface area contributed by atoms with Crippen LogP contribution in [0.2, 0.25) is 0 Å². The Morgan fingerprint density at radius 3 is 2.17 bits per heavy atom. The van der Waals surface area contributed by atoms with Gasteiger partial charge in [-0.2, -0.15) is 5.26 Å². The Hall–Kier alpha value is -4.51. The van der Waals surface area contributed by atoms with Gasteiger partial charge in [0.05, 0.1) is 12.7 Å². The highest BCUT2D eigenvalue weighted by Gasteiger charge is 2.25. The van der Waals surface area contributed by atoms with Crippen molar-refractivity contribution in [1.29, 1.82) is 5.26 Å². The molecule has 0 saturated heterocycles. The molecule has 2 N–H and O–H groups in total. The van der Waals surface area contributed by atoms with Crippen LogP contribution in [0.4, 0.5) is 11.4 Å². The van der Waals surface area contributed by atoms with Crippen LogP contribution in [0.1, 0.15) is 19.4 Å². The fourth-order valence-electron chi connectivity index (χ4n) is 3.26. The summed E-state index contributed by atoms with van der Waals surface area (Å²) in [5, 5.41) is 14.9. The lowest BCUT2D eigenvalue weighted by Gasteiger charge is -2.22. The summed E-state index contributed by atoms with van der Waals surface area (Å²) in [6.07, 6.45) is -0.822. The molecule has 8 heteroatoms. The number of carbonyl (C=O) groups is 2. The van der Waals surface area contributed by atoms with Gasteiger partial charge in [-0.15, -0.1) is 0 Å². The number of hydrogen-bond acceptors (Lipinski definition) is 6. The van der Waals surface area contributed by atoms with Crippen molar-refractivity contribution in [3.63, 3.8) is 0 Å². The lowest BCUT2D eigenvalue weighted by molar-refractivity contribution is -0.124. The zero-order valence-corrected chi connectivity index (χ0v) is 19.8. The number of hydrogen-bond donors (Lipinski definition) is 2. The first kappa shape index (κ1) is 25.1. The lowest BCUT2D eigenvalue weighted by atomic mass is 10.1. The highest BCUT2D eigenvalue weighted by molar-refractivity contribution is 5.96.